The highest BCUT2D eigenvalue weighted by molar-refractivity contribution is 6.74. The summed E-state index contributed by atoms with van der Waals surface area (Å²) in [6.45, 7) is 20.0. The van der Waals surface area contributed by atoms with Crippen molar-refractivity contribution in [3.63, 3.8) is 0 Å². The van der Waals surface area contributed by atoms with E-state index in [9.17, 15) is 18.0 Å². The van der Waals surface area contributed by atoms with Crippen molar-refractivity contribution in [2.45, 2.75) is 90.9 Å². The Balaban J connectivity index is 1.59. The number of halogens is 3. The Hall–Kier alpha value is -3.57. The average Bonchev–Trinajstić information content (AvgIpc) is 2.93. The van der Waals surface area contributed by atoms with E-state index in [2.05, 4.69) is 61.3 Å². The zero-order valence-corrected chi connectivity index (χ0v) is 29.3. The molecular weight excluding hydrogens is 609 g/mol. The molecule has 7 nitrogen and oxygen atoms in total. The lowest BCUT2D eigenvalue weighted by molar-refractivity contribution is 0.0336. The number of ether oxygens (including phenoxy) is 1. The Morgan fingerprint density at radius 1 is 1.00 bits per heavy atom. The minimum absolute atomic E-state index is 0.0131. The van der Waals surface area contributed by atoms with Crippen molar-refractivity contribution in [2.24, 2.45) is 5.92 Å². The summed E-state index contributed by atoms with van der Waals surface area (Å²) in [6, 6.07) is 9.25. The fourth-order valence-corrected chi connectivity index (χ4v) is 6.82. The third kappa shape index (κ3) is 8.41. The molecule has 1 aliphatic rings. The van der Waals surface area contributed by atoms with Gasteiger partial charge in [0.1, 0.15) is 23.1 Å². The first-order valence-electron chi connectivity index (χ1n) is 15.7. The van der Waals surface area contributed by atoms with Gasteiger partial charge in [0.2, 0.25) is 0 Å². The molecule has 2 N–H and O–H groups in total. The first-order valence-corrected chi connectivity index (χ1v) is 18.6. The summed E-state index contributed by atoms with van der Waals surface area (Å²) in [4.78, 5) is 19.5. The van der Waals surface area contributed by atoms with E-state index in [0.29, 0.717) is 18.7 Å². The highest BCUT2D eigenvalue weighted by atomic mass is 28.4. The highest BCUT2D eigenvalue weighted by Gasteiger charge is 2.45. The first-order chi connectivity index (χ1) is 21.4. The molecule has 0 saturated carbocycles. The van der Waals surface area contributed by atoms with E-state index >= 15 is 0 Å². The Bertz CT molecular complexity index is 1520. The summed E-state index contributed by atoms with van der Waals surface area (Å²) in [7, 11) is -2.18. The molecule has 1 saturated heterocycles. The number of piperidine rings is 1. The molecule has 0 aliphatic carbocycles. The Morgan fingerprint density at radius 2 is 1.67 bits per heavy atom. The number of aromatic nitrogens is 1. The SMILES string of the molecule is C[C@H]1CN(c2ccncc2NCc2ccc(F)c(-c3c(F)cccc3F)c2)C[C@@H](NC(=O)OC(C)(C)C)[C@@H]1O[Si](C)(C)C(C)(C)C. The lowest BCUT2D eigenvalue weighted by Gasteiger charge is -2.48. The fourth-order valence-electron chi connectivity index (χ4n) is 5.39. The van der Waals surface area contributed by atoms with Gasteiger partial charge in [-0.15, -0.1) is 0 Å². The normalized spacial score (nSPS) is 19.1. The van der Waals surface area contributed by atoms with Crippen LogP contribution in [0.5, 0.6) is 0 Å². The number of hydrogen-bond acceptors (Lipinski definition) is 6. The molecule has 250 valence electrons. The van der Waals surface area contributed by atoms with Gasteiger partial charge < -0.3 is 24.7 Å². The van der Waals surface area contributed by atoms with Crippen LogP contribution in [0.25, 0.3) is 11.1 Å². The third-order valence-corrected chi connectivity index (χ3v) is 13.2. The van der Waals surface area contributed by atoms with E-state index in [1.54, 1.807) is 18.5 Å². The van der Waals surface area contributed by atoms with E-state index in [4.69, 9.17) is 9.16 Å². The van der Waals surface area contributed by atoms with Gasteiger partial charge in [-0.05, 0) is 74.8 Å². The van der Waals surface area contributed by atoms with Crippen LogP contribution in [-0.4, -0.2) is 50.2 Å². The number of nitrogens with one attached hydrogen (secondary N) is 2. The second-order valence-corrected chi connectivity index (χ2v) is 19.4. The van der Waals surface area contributed by atoms with Crippen molar-refractivity contribution in [3.05, 3.63) is 77.9 Å². The fraction of sp³-hybridized carbons (Fsp3) is 0.486. The van der Waals surface area contributed by atoms with Gasteiger partial charge >= 0.3 is 6.09 Å². The average molecular weight is 657 g/mol. The van der Waals surface area contributed by atoms with Gasteiger partial charge in [-0.3, -0.25) is 4.98 Å². The lowest BCUT2D eigenvalue weighted by atomic mass is 9.92. The predicted molar refractivity (Wildman–Crippen MR) is 180 cm³/mol. The number of benzene rings is 2. The zero-order valence-electron chi connectivity index (χ0n) is 28.3. The summed E-state index contributed by atoms with van der Waals surface area (Å²) < 4.78 is 56.2. The van der Waals surface area contributed by atoms with Gasteiger partial charge in [-0.25, -0.2) is 18.0 Å². The smallest absolute Gasteiger partial charge is 0.408 e. The van der Waals surface area contributed by atoms with Gasteiger partial charge in [0.15, 0.2) is 8.32 Å². The van der Waals surface area contributed by atoms with Crippen molar-refractivity contribution in [1.29, 1.82) is 0 Å². The topological polar surface area (TPSA) is 75.7 Å². The van der Waals surface area contributed by atoms with Crippen molar-refractivity contribution in [3.8, 4) is 11.1 Å². The molecule has 1 amide bonds. The number of hydrogen-bond donors (Lipinski definition) is 2. The standard InChI is InChI=1S/C35H47F3N4O3Si/c1-22-20-42(21-29(41-33(43)44-34(2,3)4)32(22)45-46(8,9)35(5,6)7)30-15-16-39-19-28(30)40-18-23-13-14-25(36)24(17-23)31-26(37)11-10-12-27(31)38/h10-17,19,22,29,32,40H,18,20-21H2,1-9H3,(H,41,43)/t22-,29+,32+/m0/s1. The zero-order chi connectivity index (χ0) is 34.0. The molecule has 0 bridgehead atoms. The molecule has 1 fully saturated rings. The van der Waals surface area contributed by atoms with E-state index in [0.717, 1.165) is 23.5 Å². The largest absolute Gasteiger partial charge is 0.444 e. The molecule has 2 aromatic carbocycles. The summed E-state index contributed by atoms with van der Waals surface area (Å²) in [5, 5.41) is 6.47. The third-order valence-electron chi connectivity index (χ3n) is 8.71. The van der Waals surface area contributed by atoms with Gasteiger partial charge in [0.25, 0.3) is 0 Å². The minimum Gasteiger partial charge on any atom is -0.444 e. The number of pyridine rings is 1. The Morgan fingerprint density at radius 3 is 2.30 bits per heavy atom. The molecule has 2 heterocycles. The van der Waals surface area contributed by atoms with Crippen LogP contribution in [-0.2, 0) is 15.7 Å². The van der Waals surface area contributed by atoms with Gasteiger partial charge in [-0.2, -0.15) is 0 Å². The van der Waals surface area contributed by atoms with Crippen LogP contribution in [0.1, 0.15) is 54.0 Å². The molecule has 4 rings (SSSR count). The maximum absolute atomic E-state index is 14.7. The molecule has 46 heavy (non-hydrogen) atoms. The van der Waals surface area contributed by atoms with Crippen molar-refractivity contribution < 1.29 is 27.1 Å². The maximum Gasteiger partial charge on any atom is 0.408 e. The van der Waals surface area contributed by atoms with Crippen LogP contribution in [0.4, 0.5) is 29.3 Å². The number of alkyl carbamates (subject to hydrolysis) is 1. The van der Waals surface area contributed by atoms with Crippen molar-refractivity contribution in [1.82, 2.24) is 10.3 Å². The van der Waals surface area contributed by atoms with Gasteiger partial charge in [-0.1, -0.05) is 39.8 Å². The molecule has 0 unspecified atom stereocenters. The van der Waals surface area contributed by atoms with E-state index < -0.39 is 43.0 Å². The number of carbonyl (C=O) groups is 1. The molecule has 0 radical (unpaired) electrons. The van der Waals surface area contributed by atoms with E-state index in [1.165, 1.54) is 18.2 Å². The highest BCUT2D eigenvalue weighted by Crippen LogP contribution is 2.40. The summed E-state index contributed by atoms with van der Waals surface area (Å²) in [5.74, 6) is -2.32. The summed E-state index contributed by atoms with van der Waals surface area (Å²) in [5.41, 5.74) is 1.02. The Kier molecular flexibility index (Phi) is 10.5. The quantitative estimate of drug-likeness (QED) is 0.237. The first kappa shape index (κ1) is 35.3. The van der Waals surface area contributed by atoms with Crippen LogP contribution in [0, 0.1) is 23.4 Å². The Labute approximate surface area is 272 Å². The van der Waals surface area contributed by atoms with Crippen molar-refractivity contribution >= 4 is 25.8 Å². The minimum atomic E-state index is -2.18. The number of amides is 1. The molecule has 1 aromatic heterocycles. The summed E-state index contributed by atoms with van der Waals surface area (Å²) >= 11 is 0. The van der Waals surface area contributed by atoms with Crippen LogP contribution in [0.15, 0.2) is 54.9 Å². The molecule has 3 atom stereocenters. The lowest BCUT2D eigenvalue weighted by Crippen LogP contribution is -2.62. The maximum atomic E-state index is 14.7. The molecule has 1 aliphatic heterocycles. The predicted octanol–water partition coefficient (Wildman–Crippen LogP) is 8.52. The second kappa shape index (κ2) is 13.7. The van der Waals surface area contributed by atoms with Gasteiger partial charge in [0.05, 0.1) is 35.3 Å². The molecule has 11 heteroatoms. The van der Waals surface area contributed by atoms with Crippen LogP contribution >= 0.6 is 0 Å². The molecular formula is C35H47F3N4O3Si. The second-order valence-electron chi connectivity index (χ2n) is 14.6. The molecule has 0 spiro atoms. The monoisotopic (exact) mass is 656 g/mol. The number of nitrogens with zero attached hydrogens (tertiary/aromatic N) is 2. The molecule has 3 aromatic rings. The van der Waals surface area contributed by atoms with Crippen molar-refractivity contribution in [2.75, 3.05) is 23.3 Å². The van der Waals surface area contributed by atoms with Crippen LogP contribution in [0.2, 0.25) is 18.1 Å². The number of rotatable bonds is 8. The van der Waals surface area contributed by atoms with E-state index in [-0.39, 0.29) is 35.2 Å². The number of carbonyl (C=O) groups excluding carboxylic acids is 1. The van der Waals surface area contributed by atoms with E-state index in [1.807, 2.05) is 26.8 Å². The summed E-state index contributed by atoms with van der Waals surface area (Å²) in [6.07, 6.45) is 2.69. The van der Waals surface area contributed by atoms with Gasteiger partial charge in [0, 0.05) is 37.3 Å². The number of anilines is 2. The van der Waals surface area contributed by atoms with Crippen LogP contribution in [0.3, 0.4) is 0 Å². The van der Waals surface area contributed by atoms with Crippen LogP contribution < -0.4 is 15.5 Å².